The average Bonchev–Trinajstić information content (AvgIpc) is 2.72. The van der Waals surface area contributed by atoms with Gasteiger partial charge in [0.05, 0.1) is 12.8 Å². The Morgan fingerprint density at radius 2 is 2.19 bits per heavy atom. The highest BCUT2D eigenvalue weighted by Gasteiger charge is 2.10. The van der Waals surface area contributed by atoms with Gasteiger partial charge in [0, 0.05) is 25.0 Å². The molecule has 2 rings (SSSR count). The highest BCUT2D eigenvalue weighted by Crippen LogP contribution is 2.21. The number of furan rings is 1. The standard InChI is InChI=1S/C12H14N2O2/c1-13-12(15)14(2)7-9-8-16-11-6-4-3-5-10(9)11/h3-6,8H,7H2,1-2H3,(H,13,15). The fourth-order valence-corrected chi connectivity index (χ4v) is 1.67. The molecule has 1 heterocycles. The van der Waals surface area contributed by atoms with Gasteiger partial charge < -0.3 is 14.6 Å². The number of amides is 2. The molecule has 1 aromatic heterocycles. The van der Waals surface area contributed by atoms with Gasteiger partial charge in [-0.2, -0.15) is 0 Å². The van der Waals surface area contributed by atoms with Crippen LogP contribution in [0.15, 0.2) is 34.9 Å². The number of para-hydroxylation sites is 1. The van der Waals surface area contributed by atoms with Crippen molar-refractivity contribution in [2.24, 2.45) is 0 Å². The van der Waals surface area contributed by atoms with Gasteiger partial charge in [0.25, 0.3) is 0 Å². The van der Waals surface area contributed by atoms with Crippen molar-refractivity contribution in [3.63, 3.8) is 0 Å². The molecule has 0 saturated carbocycles. The summed E-state index contributed by atoms with van der Waals surface area (Å²) < 4.78 is 5.40. The third-order valence-electron chi connectivity index (χ3n) is 2.53. The zero-order valence-corrected chi connectivity index (χ0v) is 9.36. The molecule has 4 nitrogen and oxygen atoms in total. The molecule has 0 saturated heterocycles. The van der Waals surface area contributed by atoms with Crippen LogP contribution < -0.4 is 5.32 Å². The van der Waals surface area contributed by atoms with E-state index in [1.807, 2.05) is 24.3 Å². The van der Waals surface area contributed by atoms with Crippen molar-refractivity contribution in [3.8, 4) is 0 Å². The molecule has 0 aliphatic carbocycles. The molecule has 4 heteroatoms. The van der Waals surface area contributed by atoms with Crippen molar-refractivity contribution in [3.05, 3.63) is 36.1 Å². The first kappa shape index (κ1) is 10.5. The van der Waals surface area contributed by atoms with Gasteiger partial charge in [-0.05, 0) is 6.07 Å². The van der Waals surface area contributed by atoms with E-state index >= 15 is 0 Å². The molecule has 0 bridgehead atoms. The summed E-state index contributed by atoms with van der Waals surface area (Å²) in [6.07, 6.45) is 1.70. The van der Waals surface area contributed by atoms with Crippen LogP contribution in [0.4, 0.5) is 4.79 Å². The summed E-state index contributed by atoms with van der Waals surface area (Å²) in [5.74, 6) is 0. The molecule has 2 amide bonds. The second kappa shape index (κ2) is 4.26. The molecule has 2 aromatic rings. The van der Waals surface area contributed by atoms with E-state index in [0.29, 0.717) is 6.54 Å². The Hall–Kier alpha value is -1.97. The first-order valence-corrected chi connectivity index (χ1v) is 5.10. The van der Waals surface area contributed by atoms with Crippen molar-refractivity contribution < 1.29 is 9.21 Å². The van der Waals surface area contributed by atoms with E-state index in [1.165, 1.54) is 0 Å². The summed E-state index contributed by atoms with van der Waals surface area (Å²) in [5.41, 5.74) is 1.87. The first-order valence-electron chi connectivity index (χ1n) is 5.10. The maximum atomic E-state index is 11.4. The Labute approximate surface area is 93.8 Å². The largest absolute Gasteiger partial charge is 0.464 e. The van der Waals surface area contributed by atoms with Gasteiger partial charge in [0.15, 0.2) is 0 Å². The van der Waals surface area contributed by atoms with Gasteiger partial charge in [0.2, 0.25) is 0 Å². The first-order chi connectivity index (χ1) is 7.72. The van der Waals surface area contributed by atoms with Crippen LogP contribution in [0.1, 0.15) is 5.56 Å². The quantitative estimate of drug-likeness (QED) is 0.839. The van der Waals surface area contributed by atoms with E-state index in [1.54, 1.807) is 25.3 Å². The number of benzene rings is 1. The smallest absolute Gasteiger partial charge is 0.317 e. The summed E-state index contributed by atoms with van der Waals surface area (Å²) in [6, 6.07) is 7.69. The van der Waals surface area contributed by atoms with Crippen LogP contribution in [0.2, 0.25) is 0 Å². The van der Waals surface area contributed by atoms with E-state index in [4.69, 9.17) is 4.42 Å². The van der Waals surface area contributed by atoms with Gasteiger partial charge in [-0.25, -0.2) is 4.79 Å². The lowest BCUT2D eigenvalue weighted by molar-refractivity contribution is 0.209. The number of nitrogens with zero attached hydrogens (tertiary/aromatic N) is 1. The maximum absolute atomic E-state index is 11.4. The van der Waals surface area contributed by atoms with Crippen molar-refractivity contribution in [1.82, 2.24) is 10.2 Å². The summed E-state index contributed by atoms with van der Waals surface area (Å²) in [5, 5.41) is 3.64. The van der Waals surface area contributed by atoms with Crippen molar-refractivity contribution in [1.29, 1.82) is 0 Å². The molecule has 0 fully saturated rings. The Morgan fingerprint density at radius 1 is 1.44 bits per heavy atom. The van der Waals surface area contributed by atoms with Crippen molar-refractivity contribution in [2.75, 3.05) is 14.1 Å². The number of fused-ring (bicyclic) bond motifs is 1. The van der Waals surface area contributed by atoms with Crippen LogP contribution in [0.5, 0.6) is 0 Å². The minimum atomic E-state index is -0.106. The van der Waals surface area contributed by atoms with E-state index in [0.717, 1.165) is 16.5 Å². The zero-order chi connectivity index (χ0) is 11.5. The van der Waals surface area contributed by atoms with Crippen LogP contribution in [-0.4, -0.2) is 25.0 Å². The molecule has 0 radical (unpaired) electrons. The molecule has 0 unspecified atom stereocenters. The van der Waals surface area contributed by atoms with Crippen LogP contribution in [0.3, 0.4) is 0 Å². The number of carbonyl (C=O) groups excluding carboxylic acids is 1. The average molecular weight is 218 g/mol. The molecule has 16 heavy (non-hydrogen) atoms. The normalized spacial score (nSPS) is 10.4. The lowest BCUT2D eigenvalue weighted by Crippen LogP contribution is -2.34. The van der Waals surface area contributed by atoms with Gasteiger partial charge in [-0.1, -0.05) is 18.2 Å². The van der Waals surface area contributed by atoms with Gasteiger partial charge in [-0.3, -0.25) is 0 Å². The zero-order valence-electron chi connectivity index (χ0n) is 9.36. The predicted octanol–water partition coefficient (Wildman–Crippen LogP) is 2.20. The third-order valence-corrected chi connectivity index (χ3v) is 2.53. The molecule has 1 N–H and O–H groups in total. The number of hydrogen-bond donors (Lipinski definition) is 1. The highest BCUT2D eigenvalue weighted by atomic mass is 16.3. The van der Waals surface area contributed by atoms with E-state index in [-0.39, 0.29) is 6.03 Å². The van der Waals surface area contributed by atoms with Gasteiger partial charge >= 0.3 is 6.03 Å². The number of rotatable bonds is 2. The molecule has 0 aliphatic heterocycles. The van der Waals surface area contributed by atoms with Crippen LogP contribution in [0.25, 0.3) is 11.0 Å². The Morgan fingerprint density at radius 3 is 2.94 bits per heavy atom. The van der Waals surface area contributed by atoms with Crippen LogP contribution in [0, 0.1) is 0 Å². The molecular formula is C12H14N2O2. The Bertz CT molecular complexity index is 504. The SMILES string of the molecule is CNC(=O)N(C)Cc1coc2ccccc12. The van der Waals surface area contributed by atoms with Crippen molar-refractivity contribution in [2.45, 2.75) is 6.54 Å². The lowest BCUT2D eigenvalue weighted by atomic mass is 10.2. The van der Waals surface area contributed by atoms with Crippen LogP contribution >= 0.6 is 0 Å². The Kier molecular flexibility index (Phi) is 2.81. The number of urea groups is 1. The molecule has 0 atom stereocenters. The molecular weight excluding hydrogens is 204 g/mol. The van der Waals surface area contributed by atoms with E-state index in [2.05, 4.69) is 5.32 Å². The second-order valence-electron chi connectivity index (χ2n) is 3.67. The fraction of sp³-hybridized carbons (Fsp3) is 0.250. The number of hydrogen-bond acceptors (Lipinski definition) is 2. The third kappa shape index (κ3) is 1.86. The van der Waals surface area contributed by atoms with E-state index < -0.39 is 0 Å². The topological polar surface area (TPSA) is 45.5 Å². The monoisotopic (exact) mass is 218 g/mol. The Balaban J connectivity index is 2.24. The molecule has 0 spiro atoms. The van der Waals surface area contributed by atoms with Crippen LogP contribution in [-0.2, 0) is 6.54 Å². The molecule has 1 aromatic carbocycles. The summed E-state index contributed by atoms with van der Waals surface area (Å²) in [4.78, 5) is 13.0. The predicted molar refractivity (Wildman–Crippen MR) is 62.1 cm³/mol. The minimum absolute atomic E-state index is 0.106. The fourth-order valence-electron chi connectivity index (χ4n) is 1.67. The highest BCUT2D eigenvalue weighted by molar-refractivity contribution is 5.81. The minimum Gasteiger partial charge on any atom is -0.464 e. The van der Waals surface area contributed by atoms with Gasteiger partial charge in [0.1, 0.15) is 5.58 Å². The number of nitrogens with one attached hydrogen (secondary N) is 1. The maximum Gasteiger partial charge on any atom is 0.317 e. The van der Waals surface area contributed by atoms with Crippen molar-refractivity contribution >= 4 is 17.0 Å². The lowest BCUT2D eigenvalue weighted by Gasteiger charge is -2.15. The molecule has 84 valence electrons. The van der Waals surface area contributed by atoms with E-state index in [9.17, 15) is 4.79 Å². The summed E-state index contributed by atoms with van der Waals surface area (Å²) >= 11 is 0. The summed E-state index contributed by atoms with van der Waals surface area (Å²) in [6.45, 7) is 0.538. The number of carbonyl (C=O) groups is 1. The second-order valence-corrected chi connectivity index (χ2v) is 3.67. The molecule has 0 aliphatic rings. The summed E-state index contributed by atoms with van der Waals surface area (Å²) in [7, 11) is 3.37. The van der Waals surface area contributed by atoms with Gasteiger partial charge in [-0.15, -0.1) is 0 Å².